The maximum Gasteiger partial charge on any atom is 0.212 e. The summed E-state index contributed by atoms with van der Waals surface area (Å²) in [5.41, 5.74) is -2.10. The van der Waals surface area contributed by atoms with Crippen LogP contribution in [0.25, 0.3) is 0 Å². The summed E-state index contributed by atoms with van der Waals surface area (Å²) in [5.74, 6) is 0.690. The van der Waals surface area contributed by atoms with E-state index in [1.807, 2.05) is 20.1 Å². The van der Waals surface area contributed by atoms with Gasteiger partial charge in [0.15, 0.2) is 0 Å². The number of carbonyl (C=O) groups excluding carboxylic acids is 1. The summed E-state index contributed by atoms with van der Waals surface area (Å²) in [6.45, 7) is 5.63. The van der Waals surface area contributed by atoms with Gasteiger partial charge in [-0.3, -0.25) is 4.79 Å². The van der Waals surface area contributed by atoms with Gasteiger partial charge in [0, 0.05) is 24.1 Å². The Morgan fingerprint density at radius 3 is 2.55 bits per heavy atom. The number of fused-ring (bicyclic) bond motifs is 2. The van der Waals surface area contributed by atoms with Crippen LogP contribution < -0.4 is 4.72 Å². The van der Waals surface area contributed by atoms with Gasteiger partial charge in [0.1, 0.15) is 5.78 Å². The lowest BCUT2D eigenvalue weighted by Crippen LogP contribution is -2.48. The van der Waals surface area contributed by atoms with Crippen molar-refractivity contribution in [1.29, 1.82) is 0 Å². The number of ketones is 1. The molecule has 128 valence electrons. The van der Waals surface area contributed by atoms with Gasteiger partial charge in [-0.1, -0.05) is 13.8 Å². The molecule has 0 unspecified atom stereocenters. The average Bonchev–Trinajstić information content (AvgIpc) is 2.70. The maximum absolute atomic E-state index is 12.5. The first-order chi connectivity index (χ1) is 9.96. The van der Waals surface area contributed by atoms with E-state index in [1.54, 1.807) is 6.92 Å². The molecule has 2 saturated carbocycles. The minimum absolute atomic E-state index is 0.0235. The predicted molar refractivity (Wildman–Crippen MR) is 89.4 cm³/mol. The molecule has 2 fully saturated rings. The molecule has 0 aromatic carbocycles. The van der Waals surface area contributed by atoms with Gasteiger partial charge in [0.25, 0.3) is 0 Å². The Hall–Kier alpha value is -0.110. The summed E-state index contributed by atoms with van der Waals surface area (Å²) in [5, 5.41) is 10.1. The number of aliphatic hydroxyl groups is 1. The number of rotatable bonds is 7. The zero-order chi connectivity index (χ0) is 16.8. The number of hydrogen-bond donors (Lipinski definition) is 2. The SMILES string of the molecule is CSC[C@@](C)(O)CNS(=O)(=O)C[C@@]12CC[C@@H](CC1=O)C2(C)C. The smallest absolute Gasteiger partial charge is 0.212 e. The van der Waals surface area contributed by atoms with Gasteiger partial charge in [0.2, 0.25) is 10.0 Å². The van der Waals surface area contributed by atoms with Crippen molar-refractivity contribution in [2.45, 2.75) is 45.6 Å². The standard InChI is InChI=1S/C15H27NO4S2/c1-13(2)11-5-6-15(13,12(17)7-11)10-22(19,20)16-8-14(3,18)9-21-4/h11,16,18H,5-10H2,1-4H3/t11-,14-,15-/m0/s1. The zero-order valence-electron chi connectivity index (χ0n) is 13.8. The Morgan fingerprint density at radius 1 is 1.45 bits per heavy atom. The summed E-state index contributed by atoms with van der Waals surface area (Å²) in [7, 11) is -3.60. The van der Waals surface area contributed by atoms with E-state index in [4.69, 9.17) is 0 Å². The molecule has 22 heavy (non-hydrogen) atoms. The molecule has 2 aliphatic rings. The molecule has 3 atom stereocenters. The molecule has 0 aliphatic heterocycles. The molecule has 0 aromatic heterocycles. The van der Waals surface area contributed by atoms with Crippen LogP contribution in [0.5, 0.6) is 0 Å². The van der Waals surface area contributed by atoms with E-state index in [1.165, 1.54) is 11.8 Å². The number of thioether (sulfide) groups is 1. The summed E-state index contributed by atoms with van der Waals surface area (Å²) < 4.78 is 27.4. The highest BCUT2D eigenvalue weighted by Crippen LogP contribution is 2.64. The molecule has 0 amide bonds. The van der Waals surface area contributed by atoms with E-state index < -0.39 is 21.0 Å². The second-order valence-corrected chi connectivity index (χ2v) is 10.3. The van der Waals surface area contributed by atoms with E-state index in [-0.39, 0.29) is 23.5 Å². The summed E-state index contributed by atoms with van der Waals surface area (Å²) >= 11 is 1.46. The van der Waals surface area contributed by atoms with Crippen molar-refractivity contribution in [1.82, 2.24) is 4.72 Å². The van der Waals surface area contributed by atoms with Gasteiger partial charge < -0.3 is 5.11 Å². The van der Waals surface area contributed by atoms with Crippen LogP contribution in [0.1, 0.15) is 40.0 Å². The molecular weight excluding hydrogens is 322 g/mol. The second-order valence-electron chi connectivity index (χ2n) is 7.68. The van der Waals surface area contributed by atoms with E-state index in [0.29, 0.717) is 24.5 Å². The number of sulfonamides is 1. The van der Waals surface area contributed by atoms with Gasteiger partial charge in [-0.05, 0) is 37.4 Å². The highest BCUT2D eigenvalue weighted by molar-refractivity contribution is 7.98. The monoisotopic (exact) mass is 349 g/mol. The van der Waals surface area contributed by atoms with Crippen LogP contribution in [0.4, 0.5) is 0 Å². The van der Waals surface area contributed by atoms with Crippen LogP contribution in [0.2, 0.25) is 0 Å². The second kappa shape index (κ2) is 5.76. The third kappa shape index (κ3) is 3.09. The number of nitrogens with one attached hydrogen (secondary N) is 1. The molecule has 0 aromatic rings. The van der Waals surface area contributed by atoms with E-state index in [2.05, 4.69) is 4.72 Å². The average molecular weight is 350 g/mol. The minimum atomic E-state index is -3.60. The molecule has 2 N–H and O–H groups in total. The van der Waals surface area contributed by atoms with Crippen LogP contribution >= 0.6 is 11.8 Å². The molecule has 2 bridgehead atoms. The van der Waals surface area contributed by atoms with Crippen molar-refractivity contribution in [3.8, 4) is 0 Å². The van der Waals surface area contributed by atoms with Crippen LogP contribution in [0.3, 0.4) is 0 Å². The van der Waals surface area contributed by atoms with E-state index in [9.17, 15) is 18.3 Å². The first kappa shape index (κ1) is 18.2. The first-order valence-corrected chi connectivity index (χ1v) is 10.7. The third-order valence-corrected chi connectivity index (χ3v) is 8.07. The Balaban J connectivity index is 2.11. The predicted octanol–water partition coefficient (Wildman–Crippen LogP) is 1.42. The van der Waals surface area contributed by atoms with Crippen LogP contribution in [-0.4, -0.2) is 49.2 Å². The van der Waals surface area contributed by atoms with Crippen molar-refractivity contribution < 1.29 is 18.3 Å². The number of hydrogen-bond acceptors (Lipinski definition) is 5. The molecule has 0 saturated heterocycles. The summed E-state index contributed by atoms with van der Waals surface area (Å²) in [6.07, 6.45) is 3.96. The molecule has 7 heteroatoms. The van der Waals surface area contributed by atoms with Gasteiger partial charge >= 0.3 is 0 Å². The Labute approximate surface area is 137 Å². The fourth-order valence-corrected chi connectivity index (χ4v) is 6.79. The fraction of sp³-hybridized carbons (Fsp3) is 0.933. The van der Waals surface area contributed by atoms with Crippen LogP contribution in [0.15, 0.2) is 0 Å². The van der Waals surface area contributed by atoms with Gasteiger partial charge in [-0.25, -0.2) is 13.1 Å². The van der Waals surface area contributed by atoms with Crippen molar-refractivity contribution in [3.05, 3.63) is 0 Å². The van der Waals surface area contributed by atoms with Crippen molar-refractivity contribution in [2.75, 3.05) is 24.3 Å². The van der Waals surface area contributed by atoms with Crippen LogP contribution in [0, 0.1) is 16.7 Å². The molecule has 0 spiro atoms. The molecule has 0 radical (unpaired) electrons. The van der Waals surface area contributed by atoms with Gasteiger partial charge in [0.05, 0.1) is 11.4 Å². The van der Waals surface area contributed by atoms with E-state index in [0.717, 1.165) is 6.42 Å². The molecule has 0 heterocycles. The lowest BCUT2D eigenvalue weighted by Gasteiger charge is -2.36. The topological polar surface area (TPSA) is 83.5 Å². The largest absolute Gasteiger partial charge is 0.388 e. The normalized spacial score (nSPS) is 33.1. The summed E-state index contributed by atoms with van der Waals surface area (Å²) in [4.78, 5) is 12.4. The van der Waals surface area contributed by atoms with Crippen molar-refractivity contribution in [3.63, 3.8) is 0 Å². The Kier molecular flexibility index (Phi) is 4.77. The summed E-state index contributed by atoms with van der Waals surface area (Å²) in [6, 6.07) is 0. The molecule has 5 nitrogen and oxygen atoms in total. The Bertz CT molecular complexity index is 556. The molecule has 2 rings (SSSR count). The maximum atomic E-state index is 12.5. The first-order valence-electron chi connectivity index (χ1n) is 7.68. The lowest BCUT2D eigenvalue weighted by atomic mass is 9.70. The minimum Gasteiger partial charge on any atom is -0.388 e. The molecular formula is C15H27NO4S2. The highest BCUT2D eigenvalue weighted by atomic mass is 32.2. The quantitative estimate of drug-likeness (QED) is 0.726. The lowest BCUT2D eigenvalue weighted by molar-refractivity contribution is -0.128. The highest BCUT2D eigenvalue weighted by Gasteiger charge is 2.65. The number of carbonyl (C=O) groups is 1. The zero-order valence-corrected chi connectivity index (χ0v) is 15.4. The van der Waals surface area contributed by atoms with Gasteiger partial charge in [-0.15, -0.1) is 0 Å². The Morgan fingerprint density at radius 2 is 2.09 bits per heavy atom. The number of Topliss-reactive ketones (excluding diaryl/α,β-unsaturated/α-hetero) is 1. The molecule has 2 aliphatic carbocycles. The van der Waals surface area contributed by atoms with Crippen molar-refractivity contribution >= 4 is 27.6 Å². The fourth-order valence-electron chi connectivity index (χ4n) is 4.11. The van der Waals surface area contributed by atoms with E-state index >= 15 is 0 Å². The van der Waals surface area contributed by atoms with Crippen molar-refractivity contribution in [2.24, 2.45) is 16.7 Å². The van der Waals surface area contributed by atoms with Crippen LogP contribution in [-0.2, 0) is 14.8 Å². The third-order valence-electron chi connectivity index (χ3n) is 5.70. The van der Waals surface area contributed by atoms with Gasteiger partial charge in [-0.2, -0.15) is 11.8 Å².